The maximum absolute atomic E-state index is 4.10. The Kier molecular flexibility index (Phi) is 1.43. The highest BCUT2D eigenvalue weighted by molar-refractivity contribution is 7.03. The van der Waals surface area contributed by atoms with Gasteiger partial charge >= 0.3 is 0 Å². The zero-order valence-electron chi connectivity index (χ0n) is 5.93. The molecule has 0 fully saturated rings. The van der Waals surface area contributed by atoms with Crippen molar-refractivity contribution in [1.82, 2.24) is 19.1 Å². The third-order valence-electron chi connectivity index (χ3n) is 1.27. The molecule has 0 saturated carbocycles. The molecule has 0 atom stereocenters. The molecule has 0 N–H and O–H groups in total. The molecular weight excluding hydrogens is 160 g/mol. The van der Waals surface area contributed by atoms with Gasteiger partial charge in [-0.1, -0.05) is 0 Å². The van der Waals surface area contributed by atoms with E-state index in [2.05, 4.69) is 14.5 Å². The topological polar surface area (TPSA) is 43.6 Å². The SMILES string of the molecule is Cn1cnc(-c2ccsn2)n1. The van der Waals surface area contributed by atoms with Crippen LogP contribution in [0.3, 0.4) is 0 Å². The van der Waals surface area contributed by atoms with E-state index in [4.69, 9.17) is 0 Å². The molecule has 4 nitrogen and oxygen atoms in total. The highest BCUT2D eigenvalue weighted by atomic mass is 32.1. The summed E-state index contributed by atoms with van der Waals surface area (Å²) in [4.78, 5) is 4.05. The quantitative estimate of drug-likeness (QED) is 0.633. The number of nitrogens with zero attached hydrogens (tertiary/aromatic N) is 4. The average molecular weight is 166 g/mol. The third kappa shape index (κ3) is 1.14. The monoisotopic (exact) mass is 166 g/mol. The smallest absolute Gasteiger partial charge is 0.200 e. The highest BCUT2D eigenvalue weighted by Crippen LogP contribution is 2.11. The largest absolute Gasteiger partial charge is 0.255 e. The van der Waals surface area contributed by atoms with Crippen LogP contribution in [0.5, 0.6) is 0 Å². The summed E-state index contributed by atoms with van der Waals surface area (Å²) in [5, 5.41) is 6.01. The van der Waals surface area contributed by atoms with Crippen molar-refractivity contribution < 1.29 is 0 Å². The van der Waals surface area contributed by atoms with Gasteiger partial charge in [-0.3, -0.25) is 4.68 Å². The van der Waals surface area contributed by atoms with Crippen LogP contribution in [0.2, 0.25) is 0 Å². The van der Waals surface area contributed by atoms with Gasteiger partial charge in [0.2, 0.25) is 5.82 Å². The molecule has 2 aromatic heterocycles. The summed E-state index contributed by atoms with van der Waals surface area (Å²) in [5.74, 6) is 0.689. The molecule has 2 heterocycles. The standard InChI is InChI=1S/C6H6N4S/c1-10-4-7-6(8-10)5-2-3-11-9-5/h2-4H,1H3. The fraction of sp³-hybridized carbons (Fsp3) is 0.167. The van der Waals surface area contributed by atoms with Crippen LogP contribution in [-0.4, -0.2) is 19.1 Å². The predicted molar refractivity (Wildman–Crippen MR) is 42.1 cm³/mol. The van der Waals surface area contributed by atoms with Crippen molar-refractivity contribution in [2.75, 3.05) is 0 Å². The van der Waals surface area contributed by atoms with E-state index in [-0.39, 0.29) is 0 Å². The van der Waals surface area contributed by atoms with Gasteiger partial charge in [0, 0.05) is 12.4 Å². The second kappa shape index (κ2) is 2.43. The van der Waals surface area contributed by atoms with Crippen molar-refractivity contribution in [2.24, 2.45) is 7.05 Å². The van der Waals surface area contributed by atoms with Gasteiger partial charge in [-0.05, 0) is 17.6 Å². The summed E-state index contributed by atoms with van der Waals surface area (Å²) in [6.45, 7) is 0. The number of aromatic nitrogens is 4. The Hall–Kier alpha value is -1.23. The lowest BCUT2D eigenvalue weighted by atomic mass is 10.4. The Morgan fingerprint density at radius 3 is 3.00 bits per heavy atom. The molecule has 0 amide bonds. The number of rotatable bonds is 1. The van der Waals surface area contributed by atoms with E-state index in [9.17, 15) is 0 Å². The first-order valence-corrected chi connectivity index (χ1v) is 3.96. The van der Waals surface area contributed by atoms with Crippen LogP contribution in [0.1, 0.15) is 0 Å². The predicted octanol–water partition coefficient (Wildman–Crippen LogP) is 0.939. The summed E-state index contributed by atoms with van der Waals surface area (Å²) in [6.07, 6.45) is 1.66. The maximum Gasteiger partial charge on any atom is 0.200 e. The second-order valence-corrected chi connectivity index (χ2v) is 2.79. The van der Waals surface area contributed by atoms with Crippen LogP contribution >= 0.6 is 11.5 Å². The van der Waals surface area contributed by atoms with Crippen LogP contribution in [0, 0.1) is 0 Å². The van der Waals surface area contributed by atoms with Gasteiger partial charge in [0.1, 0.15) is 12.0 Å². The van der Waals surface area contributed by atoms with Crippen molar-refractivity contribution in [3.8, 4) is 11.5 Å². The minimum atomic E-state index is 0.689. The molecule has 0 spiro atoms. The average Bonchev–Trinajstić information content (AvgIpc) is 2.55. The van der Waals surface area contributed by atoms with Crippen LogP contribution in [0.4, 0.5) is 0 Å². The number of hydrogen-bond donors (Lipinski definition) is 0. The number of aryl methyl sites for hydroxylation is 1. The highest BCUT2D eigenvalue weighted by Gasteiger charge is 2.02. The molecular formula is C6H6N4S. The van der Waals surface area contributed by atoms with E-state index in [0.29, 0.717) is 5.82 Å². The molecule has 11 heavy (non-hydrogen) atoms. The van der Waals surface area contributed by atoms with E-state index < -0.39 is 0 Å². The van der Waals surface area contributed by atoms with Crippen LogP contribution in [0.25, 0.3) is 11.5 Å². The summed E-state index contributed by atoms with van der Waals surface area (Å²) in [7, 11) is 1.84. The van der Waals surface area contributed by atoms with Crippen molar-refractivity contribution in [1.29, 1.82) is 0 Å². The summed E-state index contributed by atoms with van der Waals surface area (Å²) in [5.41, 5.74) is 0.843. The van der Waals surface area contributed by atoms with Gasteiger partial charge in [0.15, 0.2) is 0 Å². The fourth-order valence-electron chi connectivity index (χ4n) is 0.785. The Balaban J connectivity index is 2.45. The van der Waals surface area contributed by atoms with Crippen molar-refractivity contribution in [2.45, 2.75) is 0 Å². The lowest BCUT2D eigenvalue weighted by Gasteiger charge is -1.83. The molecule has 0 bridgehead atoms. The Labute approximate surface area is 67.7 Å². The second-order valence-electron chi connectivity index (χ2n) is 2.13. The Bertz CT molecular complexity index is 337. The van der Waals surface area contributed by atoms with Crippen LogP contribution in [-0.2, 0) is 7.05 Å². The van der Waals surface area contributed by atoms with Crippen molar-refractivity contribution in [3.05, 3.63) is 17.8 Å². The van der Waals surface area contributed by atoms with Crippen molar-refractivity contribution >= 4 is 11.5 Å². The normalized spacial score (nSPS) is 10.3. The molecule has 0 unspecified atom stereocenters. The fourth-order valence-corrected chi connectivity index (χ4v) is 1.29. The summed E-state index contributed by atoms with van der Waals surface area (Å²) in [6, 6.07) is 1.90. The molecule has 0 aliphatic carbocycles. The van der Waals surface area contributed by atoms with Gasteiger partial charge in [0.05, 0.1) is 0 Å². The molecule has 0 aliphatic rings. The number of hydrogen-bond acceptors (Lipinski definition) is 4. The lowest BCUT2D eigenvalue weighted by molar-refractivity contribution is 0.768. The van der Waals surface area contributed by atoms with Gasteiger partial charge in [-0.2, -0.15) is 4.37 Å². The molecule has 2 aromatic rings. The maximum atomic E-state index is 4.10. The van der Waals surface area contributed by atoms with Crippen LogP contribution < -0.4 is 0 Å². The first-order chi connectivity index (χ1) is 5.36. The Morgan fingerprint density at radius 2 is 2.45 bits per heavy atom. The zero-order valence-corrected chi connectivity index (χ0v) is 6.75. The molecule has 0 radical (unpaired) electrons. The minimum absolute atomic E-state index is 0.689. The Morgan fingerprint density at radius 1 is 1.55 bits per heavy atom. The molecule has 2 rings (SSSR count). The molecule has 0 saturated heterocycles. The van der Waals surface area contributed by atoms with Crippen molar-refractivity contribution in [3.63, 3.8) is 0 Å². The molecule has 0 aromatic carbocycles. The lowest BCUT2D eigenvalue weighted by Crippen LogP contribution is -1.87. The zero-order chi connectivity index (χ0) is 7.68. The van der Waals surface area contributed by atoms with E-state index in [0.717, 1.165) is 5.69 Å². The van der Waals surface area contributed by atoms with Gasteiger partial charge < -0.3 is 0 Å². The molecule has 56 valence electrons. The van der Waals surface area contributed by atoms with E-state index in [1.54, 1.807) is 11.0 Å². The third-order valence-corrected chi connectivity index (χ3v) is 1.83. The summed E-state index contributed by atoms with van der Waals surface area (Å²) >= 11 is 1.40. The van der Waals surface area contributed by atoms with Gasteiger partial charge in [-0.25, -0.2) is 4.98 Å². The first-order valence-electron chi connectivity index (χ1n) is 3.12. The van der Waals surface area contributed by atoms with E-state index >= 15 is 0 Å². The molecule has 0 aliphatic heterocycles. The van der Waals surface area contributed by atoms with Gasteiger partial charge in [0.25, 0.3) is 0 Å². The van der Waals surface area contributed by atoms with E-state index in [1.165, 1.54) is 11.5 Å². The van der Waals surface area contributed by atoms with Crippen LogP contribution in [0.15, 0.2) is 17.8 Å². The van der Waals surface area contributed by atoms with Gasteiger partial charge in [-0.15, -0.1) is 5.10 Å². The minimum Gasteiger partial charge on any atom is -0.255 e. The first kappa shape index (κ1) is 6.48. The summed E-state index contributed by atoms with van der Waals surface area (Å²) < 4.78 is 5.76. The molecule has 5 heteroatoms. The van der Waals surface area contributed by atoms with E-state index in [1.807, 2.05) is 18.5 Å².